The maximum atomic E-state index is 13.6. The first kappa shape index (κ1) is 20.2. The minimum Gasteiger partial charge on any atom is -0.469 e. The van der Waals surface area contributed by atoms with Crippen molar-refractivity contribution in [3.63, 3.8) is 0 Å². The summed E-state index contributed by atoms with van der Waals surface area (Å²) >= 11 is 1.54. The van der Waals surface area contributed by atoms with Gasteiger partial charge in [0.15, 0.2) is 0 Å². The molecule has 2 aromatic rings. The lowest BCUT2D eigenvalue weighted by atomic mass is 9.95. The van der Waals surface area contributed by atoms with Gasteiger partial charge in [0.2, 0.25) is 0 Å². The highest BCUT2D eigenvalue weighted by molar-refractivity contribution is 7.55. The van der Waals surface area contributed by atoms with Crippen LogP contribution in [0.4, 0.5) is 0 Å². The fraction of sp³-hybridized carbons (Fsp3) is 0.421. The van der Waals surface area contributed by atoms with Gasteiger partial charge in [-0.1, -0.05) is 36.4 Å². The van der Waals surface area contributed by atoms with Gasteiger partial charge in [0.05, 0.1) is 19.1 Å². The largest absolute Gasteiger partial charge is 0.469 e. The van der Waals surface area contributed by atoms with Crippen molar-refractivity contribution in [1.29, 1.82) is 0 Å². The Kier molecular flexibility index (Phi) is 6.18. The molecule has 1 aromatic heterocycles. The molecule has 1 fully saturated rings. The van der Waals surface area contributed by atoms with Crippen molar-refractivity contribution in [2.24, 2.45) is 5.92 Å². The molecule has 0 saturated carbocycles. The van der Waals surface area contributed by atoms with E-state index in [0.717, 1.165) is 10.4 Å². The normalized spacial score (nSPS) is 25.4. The molecule has 1 saturated heterocycles. The summed E-state index contributed by atoms with van der Waals surface area (Å²) in [6.45, 7) is 0. The van der Waals surface area contributed by atoms with Crippen molar-refractivity contribution in [2.75, 3.05) is 21.3 Å². The quantitative estimate of drug-likeness (QED) is 0.551. The van der Waals surface area contributed by atoms with E-state index in [1.54, 1.807) is 11.3 Å². The molecular weight excluding hydrogens is 385 g/mol. The lowest BCUT2D eigenvalue weighted by Gasteiger charge is -2.35. The Morgan fingerprint density at radius 2 is 1.89 bits per heavy atom. The van der Waals surface area contributed by atoms with Gasteiger partial charge in [-0.2, -0.15) is 0 Å². The number of nitrogens with one attached hydrogen (secondary N) is 1. The first-order valence-corrected chi connectivity index (χ1v) is 11.1. The lowest BCUT2D eigenvalue weighted by molar-refractivity contribution is -0.145. The van der Waals surface area contributed by atoms with E-state index in [9.17, 15) is 9.36 Å². The predicted octanol–water partition coefficient (Wildman–Crippen LogP) is 4.00. The van der Waals surface area contributed by atoms with E-state index < -0.39 is 18.8 Å². The molecule has 0 spiro atoms. The zero-order valence-electron chi connectivity index (χ0n) is 15.6. The molecule has 0 unspecified atom stereocenters. The number of hydrogen-bond donors (Lipinski definition) is 1. The Bertz CT molecular complexity index is 805. The van der Waals surface area contributed by atoms with Crippen LogP contribution in [0.5, 0.6) is 0 Å². The molecule has 1 N–H and O–H groups in total. The second-order valence-corrected chi connectivity index (χ2v) is 10.1. The third-order valence-electron chi connectivity index (χ3n) is 5.08. The molecule has 0 aliphatic carbocycles. The van der Waals surface area contributed by atoms with E-state index in [1.807, 2.05) is 47.8 Å². The topological polar surface area (TPSA) is 73.9 Å². The molecule has 1 aliphatic heterocycles. The summed E-state index contributed by atoms with van der Waals surface area (Å²) in [6, 6.07) is 13.3. The van der Waals surface area contributed by atoms with Gasteiger partial charge >= 0.3 is 13.6 Å². The zero-order chi connectivity index (χ0) is 19.5. The molecule has 6 nitrogen and oxygen atoms in total. The van der Waals surface area contributed by atoms with Gasteiger partial charge in [0, 0.05) is 25.5 Å². The van der Waals surface area contributed by atoms with Crippen molar-refractivity contribution in [1.82, 2.24) is 5.32 Å². The maximum absolute atomic E-state index is 13.6. The number of thiophene rings is 1. The van der Waals surface area contributed by atoms with Crippen LogP contribution in [0, 0.1) is 5.92 Å². The van der Waals surface area contributed by atoms with Crippen LogP contribution in [0.1, 0.15) is 22.9 Å². The van der Waals surface area contributed by atoms with Crippen LogP contribution in [0.3, 0.4) is 0 Å². The van der Waals surface area contributed by atoms with E-state index in [-0.39, 0.29) is 18.4 Å². The summed E-state index contributed by atoms with van der Waals surface area (Å²) in [5.41, 5.74) is 0.981. The van der Waals surface area contributed by atoms with E-state index in [1.165, 1.54) is 21.3 Å². The summed E-state index contributed by atoms with van der Waals surface area (Å²) in [6.07, 6.45) is 0.693. The Morgan fingerprint density at radius 3 is 2.44 bits per heavy atom. The molecule has 146 valence electrons. The van der Waals surface area contributed by atoms with Gasteiger partial charge in [-0.25, -0.2) is 0 Å². The van der Waals surface area contributed by atoms with Crippen molar-refractivity contribution < 1.29 is 23.1 Å². The van der Waals surface area contributed by atoms with Gasteiger partial charge in [-0.15, -0.1) is 11.3 Å². The molecule has 3 rings (SSSR count). The molecular formula is C19H24NO5PS. The average Bonchev–Trinajstić information content (AvgIpc) is 3.36. The summed E-state index contributed by atoms with van der Waals surface area (Å²) < 4.78 is 29.4. The summed E-state index contributed by atoms with van der Waals surface area (Å²) in [4.78, 5) is 13.5. The standard InChI is InChI=1S/C19H24NO5PS/c1-23-18(21)15-13-19(26(22,24-2)25-3,12-14-8-5-4-6-9-14)20-17(15)16-10-7-11-27-16/h4-11,15,17,20H,12-13H2,1-3H3/t15-,17+,19+/m1/s1. The average molecular weight is 409 g/mol. The van der Waals surface area contributed by atoms with E-state index in [0.29, 0.717) is 6.42 Å². The second kappa shape index (κ2) is 8.25. The Hall–Kier alpha value is -1.50. The summed E-state index contributed by atoms with van der Waals surface area (Å²) in [5.74, 6) is -0.828. The molecule has 2 heterocycles. The highest BCUT2D eigenvalue weighted by atomic mass is 32.1. The first-order chi connectivity index (χ1) is 13.0. The minimum absolute atomic E-state index is 0.288. The van der Waals surface area contributed by atoms with Gasteiger partial charge in [-0.05, 0) is 23.4 Å². The fourth-order valence-electron chi connectivity index (χ4n) is 3.81. The van der Waals surface area contributed by atoms with Crippen molar-refractivity contribution in [3.05, 3.63) is 58.3 Å². The smallest absolute Gasteiger partial charge is 0.350 e. The minimum atomic E-state index is -3.57. The number of ether oxygens (including phenoxy) is 1. The maximum Gasteiger partial charge on any atom is 0.350 e. The number of benzene rings is 1. The van der Waals surface area contributed by atoms with E-state index in [2.05, 4.69) is 5.32 Å². The number of rotatable bonds is 7. The Labute approximate surface area is 163 Å². The van der Waals surface area contributed by atoms with Crippen LogP contribution >= 0.6 is 18.9 Å². The first-order valence-electron chi connectivity index (χ1n) is 8.63. The third kappa shape index (κ3) is 3.75. The Balaban J connectivity index is 2.07. The van der Waals surface area contributed by atoms with Crippen LogP contribution in [0.2, 0.25) is 0 Å². The van der Waals surface area contributed by atoms with Crippen LogP contribution in [-0.4, -0.2) is 32.6 Å². The van der Waals surface area contributed by atoms with Crippen LogP contribution in [-0.2, 0) is 29.6 Å². The predicted molar refractivity (Wildman–Crippen MR) is 105 cm³/mol. The second-order valence-electron chi connectivity index (χ2n) is 6.53. The van der Waals surface area contributed by atoms with Crippen molar-refractivity contribution in [2.45, 2.75) is 24.2 Å². The highest BCUT2D eigenvalue weighted by Gasteiger charge is 2.59. The van der Waals surface area contributed by atoms with E-state index >= 15 is 0 Å². The highest BCUT2D eigenvalue weighted by Crippen LogP contribution is 2.65. The van der Waals surface area contributed by atoms with Crippen molar-refractivity contribution in [3.8, 4) is 0 Å². The SMILES string of the molecule is COC(=O)[C@@H]1C[C@](Cc2ccccc2)(P(=O)(OC)OC)N[C@@H]1c1cccs1. The molecule has 3 atom stereocenters. The zero-order valence-corrected chi connectivity index (χ0v) is 17.3. The Morgan fingerprint density at radius 1 is 1.19 bits per heavy atom. The number of carbonyl (C=O) groups is 1. The number of hydrogen-bond acceptors (Lipinski definition) is 7. The third-order valence-corrected chi connectivity index (χ3v) is 8.52. The summed E-state index contributed by atoms with van der Waals surface area (Å²) in [5, 5.41) is 4.38. The van der Waals surface area contributed by atoms with Crippen LogP contribution < -0.4 is 5.32 Å². The van der Waals surface area contributed by atoms with Crippen LogP contribution in [0.15, 0.2) is 47.8 Å². The van der Waals surface area contributed by atoms with Crippen molar-refractivity contribution >= 4 is 24.9 Å². The van der Waals surface area contributed by atoms with E-state index in [4.69, 9.17) is 13.8 Å². The lowest BCUT2D eigenvalue weighted by Crippen LogP contribution is -2.43. The van der Waals surface area contributed by atoms with Gasteiger partial charge in [-0.3, -0.25) is 14.7 Å². The summed E-state index contributed by atoms with van der Waals surface area (Å²) in [7, 11) is 0.565. The number of methoxy groups -OCH3 is 1. The molecule has 8 heteroatoms. The fourth-order valence-corrected chi connectivity index (χ4v) is 6.59. The monoisotopic (exact) mass is 409 g/mol. The number of esters is 1. The molecule has 27 heavy (non-hydrogen) atoms. The van der Waals surface area contributed by atoms with Gasteiger partial charge in [0.25, 0.3) is 0 Å². The van der Waals surface area contributed by atoms with Gasteiger partial charge in [0.1, 0.15) is 5.28 Å². The van der Waals surface area contributed by atoms with Gasteiger partial charge < -0.3 is 13.8 Å². The molecule has 1 aliphatic rings. The molecule has 1 aromatic carbocycles. The number of carbonyl (C=O) groups excluding carboxylic acids is 1. The molecule has 0 bridgehead atoms. The molecule has 0 radical (unpaired) electrons. The molecule has 0 amide bonds. The van der Waals surface area contributed by atoms with Crippen LogP contribution in [0.25, 0.3) is 0 Å².